The maximum atomic E-state index is 12.1. The first-order valence-corrected chi connectivity index (χ1v) is 9.45. The minimum Gasteiger partial charge on any atom is -0.351 e. The van der Waals surface area contributed by atoms with Gasteiger partial charge >= 0.3 is 0 Å². The van der Waals surface area contributed by atoms with Crippen LogP contribution in [0.1, 0.15) is 11.1 Å². The molecule has 1 saturated heterocycles. The molecule has 2 aromatic heterocycles. The number of amides is 2. The van der Waals surface area contributed by atoms with E-state index in [2.05, 4.69) is 30.4 Å². The fraction of sp³-hybridized carbons (Fsp3) is 0.400. The molecule has 2 amide bonds. The quantitative estimate of drug-likeness (QED) is 0.669. The van der Waals surface area contributed by atoms with E-state index < -0.39 is 0 Å². The van der Waals surface area contributed by atoms with E-state index in [9.17, 15) is 9.59 Å². The Hall–Kier alpha value is -2.84. The summed E-state index contributed by atoms with van der Waals surface area (Å²) in [6, 6.07) is 7.55. The van der Waals surface area contributed by atoms with E-state index in [-0.39, 0.29) is 11.8 Å². The summed E-state index contributed by atoms with van der Waals surface area (Å²) >= 11 is 0. The third-order valence-corrected chi connectivity index (χ3v) is 4.68. The SMILES string of the molecule is O=C(CN1CCN(CC(=O)NCc2ccncc2)CC1)NCc1ccncc1. The predicted molar refractivity (Wildman–Crippen MR) is 105 cm³/mol. The van der Waals surface area contributed by atoms with Gasteiger partial charge in [0.2, 0.25) is 11.8 Å². The van der Waals surface area contributed by atoms with Crippen molar-refractivity contribution >= 4 is 11.8 Å². The van der Waals surface area contributed by atoms with Crippen molar-refractivity contribution in [1.82, 2.24) is 30.4 Å². The van der Waals surface area contributed by atoms with Crippen LogP contribution in [0.25, 0.3) is 0 Å². The number of nitrogens with one attached hydrogen (secondary N) is 2. The van der Waals surface area contributed by atoms with E-state index in [1.807, 2.05) is 24.3 Å². The monoisotopic (exact) mass is 382 g/mol. The summed E-state index contributed by atoms with van der Waals surface area (Å²) in [5.41, 5.74) is 2.07. The number of pyridine rings is 2. The second-order valence-electron chi connectivity index (χ2n) is 6.82. The third kappa shape index (κ3) is 6.71. The molecule has 1 aliphatic heterocycles. The molecule has 0 saturated carbocycles. The lowest BCUT2D eigenvalue weighted by molar-refractivity contribution is -0.125. The van der Waals surface area contributed by atoms with Gasteiger partial charge in [-0.2, -0.15) is 0 Å². The van der Waals surface area contributed by atoms with E-state index in [1.54, 1.807) is 24.8 Å². The van der Waals surface area contributed by atoms with Crippen molar-refractivity contribution in [1.29, 1.82) is 0 Å². The molecule has 8 nitrogen and oxygen atoms in total. The second kappa shape index (κ2) is 10.5. The molecule has 148 valence electrons. The molecule has 0 aliphatic carbocycles. The molecule has 0 atom stereocenters. The number of hydrogen-bond donors (Lipinski definition) is 2. The summed E-state index contributed by atoms with van der Waals surface area (Å²) in [6.07, 6.45) is 6.86. The highest BCUT2D eigenvalue weighted by atomic mass is 16.2. The summed E-state index contributed by atoms with van der Waals surface area (Å²) < 4.78 is 0. The van der Waals surface area contributed by atoms with Crippen molar-refractivity contribution in [3.8, 4) is 0 Å². The Morgan fingerprint density at radius 3 is 1.43 bits per heavy atom. The minimum absolute atomic E-state index is 0.0142. The average molecular weight is 382 g/mol. The van der Waals surface area contributed by atoms with Gasteiger partial charge in [0.15, 0.2) is 0 Å². The van der Waals surface area contributed by atoms with E-state index in [0.29, 0.717) is 26.2 Å². The van der Waals surface area contributed by atoms with Crippen molar-refractivity contribution in [2.45, 2.75) is 13.1 Å². The van der Waals surface area contributed by atoms with Gasteiger partial charge in [-0.3, -0.25) is 29.4 Å². The fourth-order valence-electron chi connectivity index (χ4n) is 3.03. The Morgan fingerprint density at radius 1 is 0.714 bits per heavy atom. The minimum atomic E-state index is 0.0142. The van der Waals surface area contributed by atoms with Gasteiger partial charge in [-0.15, -0.1) is 0 Å². The van der Waals surface area contributed by atoms with E-state index in [1.165, 1.54) is 0 Å². The summed E-state index contributed by atoms with van der Waals surface area (Å²) in [5.74, 6) is 0.0284. The Kier molecular flexibility index (Phi) is 7.45. The smallest absolute Gasteiger partial charge is 0.234 e. The van der Waals surface area contributed by atoms with E-state index >= 15 is 0 Å². The van der Waals surface area contributed by atoms with Gasteiger partial charge in [0.25, 0.3) is 0 Å². The van der Waals surface area contributed by atoms with Gasteiger partial charge in [-0.05, 0) is 35.4 Å². The Labute approximate surface area is 165 Å². The van der Waals surface area contributed by atoms with Crippen LogP contribution < -0.4 is 10.6 Å². The first kappa shape index (κ1) is 19.9. The second-order valence-corrected chi connectivity index (χ2v) is 6.82. The summed E-state index contributed by atoms with van der Waals surface area (Å²) in [6.45, 7) is 4.90. The van der Waals surface area contributed by atoms with Gasteiger partial charge in [0.05, 0.1) is 13.1 Å². The Bertz CT molecular complexity index is 682. The molecule has 0 aromatic carbocycles. The molecule has 2 aromatic rings. The molecule has 1 fully saturated rings. The average Bonchev–Trinajstić information content (AvgIpc) is 2.74. The largest absolute Gasteiger partial charge is 0.351 e. The van der Waals surface area contributed by atoms with Crippen molar-refractivity contribution in [2.24, 2.45) is 0 Å². The molecule has 2 N–H and O–H groups in total. The predicted octanol–water partition coefficient (Wildman–Crippen LogP) is 0.0268. The molecule has 3 heterocycles. The lowest BCUT2D eigenvalue weighted by atomic mass is 10.2. The molecular weight excluding hydrogens is 356 g/mol. The summed E-state index contributed by atoms with van der Waals surface area (Å²) in [5, 5.41) is 5.86. The molecular formula is C20H26N6O2. The van der Waals surface area contributed by atoms with E-state index in [4.69, 9.17) is 0 Å². The number of aromatic nitrogens is 2. The number of piperazine rings is 1. The highest BCUT2D eigenvalue weighted by Gasteiger charge is 2.20. The maximum absolute atomic E-state index is 12.1. The van der Waals surface area contributed by atoms with Crippen LogP contribution in [0.15, 0.2) is 49.1 Å². The van der Waals surface area contributed by atoms with Crippen LogP contribution in [0, 0.1) is 0 Å². The fourth-order valence-corrected chi connectivity index (χ4v) is 3.03. The van der Waals surface area contributed by atoms with Gasteiger partial charge < -0.3 is 10.6 Å². The first-order valence-electron chi connectivity index (χ1n) is 9.45. The van der Waals surface area contributed by atoms with Crippen molar-refractivity contribution in [2.75, 3.05) is 39.3 Å². The molecule has 1 aliphatic rings. The van der Waals surface area contributed by atoms with Crippen molar-refractivity contribution < 1.29 is 9.59 Å². The normalized spacial score (nSPS) is 15.1. The van der Waals surface area contributed by atoms with Crippen LogP contribution in [0.4, 0.5) is 0 Å². The lowest BCUT2D eigenvalue weighted by Crippen LogP contribution is -2.51. The highest BCUT2D eigenvalue weighted by molar-refractivity contribution is 5.78. The Morgan fingerprint density at radius 2 is 1.07 bits per heavy atom. The maximum Gasteiger partial charge on any atom is 0.234 e. The Balaban J connectivity index is 1.30. The van der Waals surface area contributed by atoms with Crippen molar-refractivity contribution in [3.05, 3.63) is 60.2 Å². The van der Waals surface area contributed by atoms with Crippen LogP contribution in [0.5, 0.6) is 0 Å². The number of hydrogen-bond acceptors (Lipinski definition) is 6. The molecule has 3 rings (SSSR count). The zero-order valence-corrected chi connectivity index (χ0v) is 15.9. The van der Waals surface area contributed by atoms with Crippen LogP contribution in [-0.4, -0.2) is 70.9 Å². The highest BCUT2D eigenvalue weighted by Crippen LogP contribution is 2.02. The number of carbonyl (C=O) groups excluding carboxylic acids is 2. The van der Waals surface area contributed by atoms with Gasteiger partial charge in [-0.1, -0.05) is 0 Å². The van der Waals surface area contributed by atoms with Gasteiger partial charge in [0.1, 0.15) is 0 Å². The molecule has 0 bridgehead atoms. The zero-order chi connectivity index (χ0) is 19.6. The number of carbonyl (C=O) groups is 2. The topological polar surface area (TPSA) is 90.5 Å². The first-order chi connectivity index (χ1) is 13.7. The molecule has 0 unspecified atom stereocenters. The molecule has 8 heteroatoms. The van der Waals surface area contributed by atoms with Crippen LogP contribution in [0.2, 0.25) is 0 Å². The summed E-state index contributed by atoms with van der Waals surface area (Å²) in [7, 11) is 0. The van der Waals surface area contributed by atoms with Gasteiger partial charge in [-0.25, -0.2) is 0 Å². The molecule has 28 heavy (non-hydrogen) atoms. The number of nitrogens with zero attached hydrogens (tertiary/aromatic N) is 4. The van der Waals surface area contributed by atoms with Gasteiger partial charge in [0, 0.05) is 64.1 Å². The third-order valence-electron chi connectivity index (χ3n) is 4.68. The standard InChI is InChI=1S/C20H26N6O2/c27-19(23-13-17-1-5-21-6-2-17)15-25-9-11-26(12-10-25)16-20(28)24-14-18-3-7-22-8-4-18/h1-8H,9-16H2,(H,23,27)(H,24,28). The van der Waals surface area contributed by atoms with Crippen molar-refractivity contribution in [3.63, 3.8) is 0 Å². The molecule has 0 spiro atoms. The van der Waals surface area contributed by atoms with Crippen LogP contribution >= 0.6 is 0 Å². The van der Waals surface area contributed by atoms with E-state index in [0.717, 1.165) is 37.3 Å². The molecule has 0 radical (unpaired) electrons. The van der Waals surface area contributed by atoms with Crippen LogP contribution in [-0.2, 0) is 22.7 Å². The number of rotatable bonds is 8. The lowest BCUT2D eigenvalue weighted by Gasteiger charge is -2.33. The van der Waals surface area contributed by atoms with Crippen LogP contribution in [0.3, 0.4) is 0 Å². The zero-order valence-electron chi connectivity index (χ0n) is 15.9. The summed E-state index contributed by atoms with van der Waals surface area (Å²) in [4.78, 5) is 36.4.